The maximum Gasteiger partial charge on any atom is 0.407 e. The van der Waals surface area contributed by atoms with E-state index in [1.807, 2.05) is 50.2 Å². The molecule has 2 amide bonds. The molecule has 0 saturated heterocycles. The molecule has 0 fully saturated rings. The molecule has 4 N–H and O–H groups in total. The molecular formula is C26H32N2O6. The number of aliphatic hydroxyl groups is 1. The molecule has 34 heavy (non-hydrogen) atoms. The van der Waals surface area contributed by atoms with Crippen LogP contribution in [-0.4, -0.2) is 53.0 Å². The quantitative estimate of drug-likeness (QED) is 0.424. The fourth-order valence-corrected chi connectivity index (χ4v) is 4.27. The van der Waals surface area contributed by atoms with Crippen LogP contribution in [0.5, 0.6) is 0 Å². The first-order valence-electron chi connectivity index (χ1n) is 11.4. The second-order valence-corrected chi connectivity index (χ2v) is 9.44. The number of benzene rings is 2. The number of aliphatic carboxylic acids is 1. The van der Waals surface area contributed by atoms with Gasteiger partial charge in [0.2, 0.25) is 5.91 Å². The number of amides is 2. The molecule has 8 heteroatoms. The molecule has 182 valence electrons. The molecule has 2 aromatic carbocycles. The number of hydrogen-bond acceptors (Lipinski definition) is 5. The Morgan fingerprint density at radius 1 is 1.03 bits per heavy atom. The van der Waals surface area contributed by atoms with Crippen LogP contribution in [0, 0.1) is 5.92 Å². The zero-order chi connectivity index (χ0) is 24.9. The third-order valence-electron chi connectivity index (χ3n) is 5.83. The minimum Gasteiger partial charge on any atom is -0.481 e. The monoisotopic (exact) mass is 468 g/mol. The Bertz CT molecular complexity index is 1000. The number of hydrogen-bond donors (Lipinski definition) is 4. The van der Waals surface area contributed by atoms with E-state index >= 15 is 0 Å². The Hall–Kier alpha value is -3.39. The van der Waals surface area contributed by atoms with Gasteiger partial charge >= 0.3 is 12.1 Å². The van der Waals surface area contributed by atoms with Crippen LogP contribution in [-0.2, 0) is 14.3 Å². The van der Waals surface area contributed by atoms with Crippen molar-refractivity contribution in [3.05, 3.63) is 59.7 Å². The van der Waals surface area contributed by atoms with E-state index in [0.29, 0.717) is 6.42 Å². The van der Waals surface area contributed by atoms with Crippen LogP contribution in [0.25, 0.3) is 11.1 Å². The zero-order valence-electron chi connectivity index (χ0n) is 19.7. The van der Waals surface area contributed by atoms with E-state index in [2.05, 4.69) is 22.8 Å². The number of carboxylic acids is 1. The molecule has 0 aromatic heterocycles. The summed E-state index contributed by atoms with van der Waals surface area (Å²) in [6, 6.07) is 15.2. The topological polar surface area (TPSA) is 125 Å². The van der Waals surface area contributed by atoms with Crippen molar-refractivity contribution in [1.29, 1.82) is 0 Å². The predicted molar refractivity (Wildman–Crippen MR) is 127 cm³/mol. The van der Waals surface area contributed by atoms with E-state index in [1.165, 1.54) is 6.92 Å². The van der Waals surface area contributed by atoms with Gasteiger partial charge in [0.25, 0.3) is 0 Å². The van der Waals surface area contributed by atoms with Crippen molar-refractivity contribution in [2.45, 2.75) is 51.2 Å². The van der Waals surface area contributed by atoms with Crippen molar-refractivity contribution in [3.63, 3.8) is 0 Å². The standard InChI is InChI=1S/C26H32N2O6/c1-16(2)12-22(24(31)27-15-26(3,33)13-23(29)30)28-25(32)34-14-21-19-10-6-4-8-17(19)18-9-5-7-11-20(18)21/h4-11,16,21-22,33H,12-15H2,1-3H3,(H,27,31)(H,28,32)(H,29,30)/t22-,26?/m1/s1. The van der Waals surface area contributed by atoms with E-state index in [-0.39, 0.29) is 25.0 Å². The van der Waals surface area contributed by atoms with Gasteiger partial charge in [0, 0.05) is 12.5 Å². The molecule has 1 aliphatic carbocycles. The van der Waals surface area contributed by atoms with Crippen molar-refractivity contribution in [2.75, 3.05) is 13.2 Å². The van der Waals surface area contributed by atoms with Crippen LogP contribution in [0.4, 0.5) is 4.79 Å². The van der Waals surface area contributed by atoms with Crippen LogP contribution in [0.1, 0.15) is 50.7 Å². The Labute approximate surface area is 199 Å². The lowest BCUT2D eigenvalue weighted by Gasteiger charge is -2.25. The van der Waals surface area contributed by atoms with E-state index in [9.17, 15) is 19.5 Å². The molecule has 0 spiro atoms. The molecule has 2 atom stereocenters. The molecule has 0 bridgehead atoms. The van der Waals surface area contributed by atoms with Crippen LogP contribution in [0.2, 0.25) is 0 Å². The highest BCUT2D eigenvalue weighted by Crippen LogP contribution is 2.44. The summed E-state index contributed by atoms with van der Waals surface area (Å²) in [7, 11) is 0. The van der Waals surface area contributed by atoms with Gasteiger partial charge < -0.3 is 25.6 Å². The second-order valence-electron chi connectivity index (χ2n) is 9.44. The van der Waals surface area contributed by atoms with Gasteiger partial charge in [0.15, 0.2) is 0 Å². The Kier molecular flexibility index (Phi) is 7.94. The number of fused-ring (bicyclic) bond motifs is 3. The SMILES string of the molecule is CC(C)C[C@@H](NC(=O)OCC1c2ccccc2-c2ccccc21)C(=O)NCC(C)(O)CC(=O)O. The van der Waals surface area contributed by atoms with Gasteiger partial charge in [-0.2, -0.15) is 0 Å². The first kappa shape index (κ1) is 25.2. The van der Waals surface area contributed by atoms with Gasteiger partial charge in [-0.25, -0.2) is 4.79 Å². The van der Waals surface area contributed by atoms with Crippen molar-refractivity contribution in [3.8, 4) is 11.1 Å². The maximum absolute atomic E-state index is 12.7. The lowest BCUT2D eigenvalue weighted by atomic mass is 9.98. The van der Waals surface area contributed by atoms with Gasteiger partial charge in [0.05, 0.1) is 12.0 Å². The summed E-state index contributed by atoms with van der Waals surface area (Å²) in [4.78, 5) is 36.2. The number of rotatable bonds is 10. The lowest BCUT2D eigenvalue weighted by molar-refractivity contribution is -0.142. The number of carbonyl (C=O) groups excluding carboxylic acids is 2. The van der Waals surface area contributed by atoms with Crippen LogP contribution in [0.15, 0.2) is 48.5 Å². The number of carbonyl (C=O) groups is 3. The number of nitrogens with one attached hydrogen (secondary N) is 2. The molecule has 0 radical (unpaired) electrons. The average molecular weight is 469 g/mol. The van der Waals surface area contributed by atoms with Crippen LogP contribution < -0.4 is 10.6 Å². The number of carboxylic acid groups (broad SMARTS) is 1. The minimum absolute atomic E-state index is 0.0957. The number of ether oxygens (including phenoxy) is 1. The van der Waals surface area contributed by atoms with E-state index in [1.54, 1.807) is 0 Å². The number of alkyl carbamates (subject to hydrolysis) is 1. The molecule has 1 aliphatic rings. The summed E-state index contributed by atoms with van der Waals surface area (Å²) in [5.74, 6) is -1.67. The van der Waals surface area contributed by atoms with Gasteiger partial charge in [-0.15, -0.1) is 0 Å². The van der Waals surface area contributed by atoms with Crippen molar-refractivity contribution >= 4 is 18.0 Å². The summed E-state index contributed by atoms with van der Waals surface area (Å²) >= 11 is 0. The summed E-state index contributed by atoms with van der Waals surface area (Å²) in [5.41, 5.74) is 2.82. The normalized spacial score (nSPS) is 15.1. The van der Waals surface area contributed by atoms with Crippen LogP contribution in [0.3, 0.4) is 0 Å². The third kappa shape index (κ3) is 6.35. The summed E-state index contributed by atoms with van der Waals surface area (Å²) in [6.07, 6.45) is -0.862. The molecule has 0 aliphatic heterocycles. The van der Waals surface area contributed by atoms with Crippen molar-refractivity contribution < 1.29 is 29.3 Å². The zero-order valence-corrected chi connectivity index (χ0v) is 19.7. The van der Waals surface area contributed by atoms with Crippen molar-refractivity contribution in [2.24, 2.45) is 5.92 Å². The molecule has 2 aromatic rings. The maximum atomic E-state index is 12.7. The largest absolute Gasteiger partial charge is 0.481 e. The summed E-state index contributed by atoms with van der Waals surface area (Å²) in [5, 5.41) is 24.2. The molecule has 8 nitrogen and oxygen atoms in total. The van der Waals surface area contributed by atoms with E-state index < -0.39 is 36.0 Å². The lowest BCUT2D eigenvalue weighted by Crippen LogP contribution is -2.51. The van der Waals surface area contributed by atoms with Gasteiger partial charge in [0.1, 0.15) is 12.6 Å². The highest BCUT2D eigenvalue weighted by molar-refractivity contribution is 5.86. The van der Waals surface area contributed by atoms with Gasteiger partial charge in [-0.05, 0) is 41.5 Å². The molecule has 3 rings (SSSR count). The van der Waals surface area contributed by atoms with Gasteiger partial charge in [-0.3, -0.25) is 9.59 Å². The average Bonchev–Trinajstić information content (AvgIpc) is 3.08. The predicted octanol–water partition coefficient (Wildman–Crippen LogP) is 3.28. The minimum atomic E-state index is -1.60. The van der Waals surface area contributed by atoms with Gasteiger partial charge in [-0.1, -0.05) is 62.4 Å². The van der Waals surface area contributed by atoms with E-state index in [4.69, 9.17) is 9.84 Å². The molecule has 1 unspecified atom stereocenters. The Balaban J connectivity index is 1.62. The first-order chi connectivity index (χ1) is 16.1. The first-order valence-corrected chi connectivity index (χ1v) is 11.4. The summed E-state index contributed by atoms with van der Waals surface area (Å²) in [6.45, 7) is 5.04. The highest BCUT2D eigenvalue weighted by atomic mass is 16.5. The molecule has 0 heterocycles. The van der Waals surface area contributed by atoms with Crippen LogP contribution >= 0.6 is 0 Å². The second kappa shape index (κ2) is 10.7. The summed E-state index contributed by atoms with van der Waals surface area (Å²) < 4.78 is 5.54. The fourth-order valence-electron chi connectivity index (χ4n) is 4.27. The Morgan fingerprint density at radius 2 is 1.59 bits per heavy atom. The third-order valence-corrected chi connectivity index (χ3v) is 5.83. The molecular weight excluding hydrogens is 436 g/mol. The smallest absolute Gasteiger partial charge is 0.407 e. The fraction of sp³-hybridized carbons (Fsp3) is 0.423. The Morgan fingerprint density at radius 3 is 2.12 bits per heavy atom. The van der Waals surface area contributed by atoms with E-state index in [0.717, 1.165) is 22.3 Å². The van der Waals surface area contributed by atoms with Crippen molar-refractivity contribution in [1.82, 2.24) is 10.6 Å². The highest BCUT2D eigenvalue weighted by Gasteiger charge is 2.31. The molecule has 0 saturated carbocycles.